The highest BCUT2D eigenvalue weighted by Crippen LogP contribution is 2.23. The van der Waals surface area contributed by atoms with E-state index in [9.17, 15) is 0 Å². The Kier molecular flexibility index (Phi) is 4.04. The van der Waals surface area contributed by atoms with Crippen molar-refractivity contribution >= 4 is 16.9 Å². The van der Waals surface area contributed by atoms with Crippen molar-refractivity contribution < 1.29 is 0 Å². The molecule has 0 fully saturated rings. The van der Waals surface area contributed by atoms with Crippen LogP contribution in [0, 0.1) is 5.92 Å². The van der Waals surface area contributed by atoms with E-state index >= 15 is 0 Å². The van der Waals surface area contributed by atoms with Crippen LogP contribution in [0.25, 0.3) is 16.7 Å². The molecule has 0 atom stereocenters. The fourth-order valence-electron chi connectivity index (χ4n) is 2.30. The number of nitrogens with one attached hydrogen (secondary N) is 1. The number of anilines is 1. The Hall–Kier alpha value is -2.43. The Morgan fingerprint density at radius 2 is 1.91 bits per heavy atom. The maximum Gasteiger partial charge on any atom is 0.168 e. The van der Waals surface area contributed by atoms with E-state index in [-0.39, 0.29) is 0 Å². The van der Waals surface area contributed by atoms with E-state index in [1.165, 1.54) is 0 Å². The van der Waals surface area contributed by atoms with Crippen LogP contribution in [0.3, 0.4) is 0 Å². The number of hydrogen-bond acceptors (Lipinski definition) is 4. The molecule has 2 aromatic heterocycles. The molecule has 2 heterocycles. The van der Waals surface area contributed by atoms with Gasteiger partial charge in [0.15, 0.2) is 5.65 Å². The van der Waals surface area contributed by atoms with E-state index in [1.807, 2.05) is 41.2 Å². The zero-order valence-corrected chi connectivity index (χ0v) is 13.2. The summed E-state index contributed by atoms with van der Waals surface area (Å²) in [6.07, 6.45) is 2.64. The minimum atomic E-state index is 0.555. The lowest BCUT2D eigenvalue weighted by Crippen LogP contribution is -2.11. The smallest absolute Gasteiger partial charge is 0.168 e. The topological polar surface area (TPSA) is 55.6 Å². The summed E-state index contributed by atoms with van der Waals surface area (Å²) in [4.78, 5) is 9.29. The molecule has 0 aliphatic carbocycles. The number of aromatic nitrogens is 4. The Balaban J connectivity index is 2.11. The third-order valence-electron chi connectivity index (χ3n) is 3.47. The minimum Gasteiger partial charge on any atom is -0.369 e. The summed E-state index contributed by atoms with van der Waals surface area (Å²) in [5, 5.41) is 8.88. The van der Waals surface area contributed by atoms with E-state index in [4.69, 9.17) is 0 Å². The summed E-state index contributed by atoms with van der Waals surface area (Å²) in [6.45, 7) is 7.31. The number of rotatable bonds is 5. The van der Waals surface area contributed by atoms with Crippen LogP contribution >= 0.6 is 0 Å². The van der Waals surface area contributed by atoms with E-state index in [0.29, 0.717) is 5.92 Å². The predicted octanol–water partition coefficient (Wildman–Crippen LogP) is 3.45. The zero-order valence-electron chi connectivity index (χ0n) is 13.2. The lowest BCUT2D eigenvalue weighted by Gasteiger charge is -2.10. The first-order chi connectivity index (χ1) is 10.7. The summed E-state index contributed by atoms with van der Waals surface area (Å²) in [6, 6.07) is 10.1. The van der Waals surface area contributed by atoms with Crippen molar-refractivity contribution in [2.24, 2.45) is 5.92 Å². The highest BCUT2D eigenvalue weighted by Gasteiger charge is 2.13. The standard InChI is InChI=1S/C17H21N5/c1-4-15-20-16(18-10-12(2)3)14-11-19-22(17(14)21-15)13-8-6-5-7-9-13/h5-9,11-12H,4,10H2,1-3H3,(H,18,20,21). The molecule has 1 aromatic carbocycles. The van der Waals surface area contributed by atoms with Crippen LogP contribution in [0.4, 0.5) is 5.82 Å². The van der Waals surface area contributed by atoms with Crippen molar-refractivity contribution in [1.82, 2.24) is 19.7 Å². The van der Waals surface area contributed by atoms with Gasteiger partial charge in [0.25, 0.3) is 0 Å². The average molecular weight is 295 g/mol. The molecule has 1 N–H and O–H groups in total. The first-order valence-corrected chi connectivity index (χ1v) is 7.73. The molecule has 3 rings (SSSR count). The Bertz CT molecular complexity index is 761. The fourth-order valence-corrected chi connectivity index (χ4v) is 2.30. The Morgan fingerprint density at radius 1 is 1.14 bits per heavy atom. The van der Waals surface area contributed by atoms with Gasteiger partial charge in [-0.15, -0.1) is 0 Å². The van der Waals surface area contributed by atoms with Gasteiger partial charge < -0.3 is 5.32 Å². The van der Waals surface area contributed by atoms with Crippen LogP contribution in [-0.4, -0.2) is 26.3 Å². The SMILES string of the molecule is CCc1nc(NCC(C)C)c2cnn(-c3ccccc3)c2n1. The molecule has 114 valence electrons. The lowest BCUT2D eigenvalue weighted by atomic mass is 10.2. The van der Waals surface area contributed by atoms with Gasteiger partial charge in [-0.1, -0.05) is 39.0 Å². The lowest BCUT2D eigenvalue weighted by molar-refractivity contribution is 0.687. The molecule has 0 spiro atoms. The van der Waals surface area contributed by atoms with Gasteiger partial charge in [0.2, 0.25) is 0 Å². The zero-order chi connectivity index (χ0) is 15.5. The second-order valence-electron chi connectivity index (χ2n) is 5.75. The molecule has 3 aromatic rings. The van der Waals surface area contributed by atoms with Crippen LogP contribution in [-0.2, 0) is 6.42 Å². The summed E-state index contributed by atoms with van der Waals surface area (Å²) in [5.74, 6) is 2.26. The second kappa shape index (κ2) is 6.13. The van der Waals surface area contributed by atoms with Crippen molar-refractivity contribution in [3.05, 3.63) is 42.4 Å². The first kappa shape index (κ1) is 14.5. The summed E-state index contributed by atoms with van der Waals surface area (Å²) in [5.41, 5.74) is 1.86. The molecule has 0 amide bonds. The van der Waals surface area contributed by atoms with Crippen LogP contribution in [0.1, 0.15) is 26.6 Å². The number of benzene rings is 1. The molecule has 0 unspecified atom stereocenters. The minimum absolute atomic E-state index is 0.555. The number of nitrogens with zero attached hydrogens (tertiary/aromatic N) is 4. The predicted molar refractivity (Wildman–Crippen MR) is 89.4 cm³/mol. The molecule has 0 bridgehead atoms. The number of fused-ring (bicyclic) bond motifs is 1. The molecule has 0 saturated carbocycles. The highest BCUT2D eigenvalue weighted by atomic mass is 15.3. The van der Waals surface area contributed by atoms with Crippen molar-refractivity contribution in [2.45, 2.75) is 27.2 Å². The number of aryl methyl sites for hydroxylation is 1. The van der Waals surface area contributed by atoms with Gasteiger partial charge in [0.05, 0.1) is 17.3 Å². The average Bonchev–Trinajstić information content (AvgIpc) is 2.97. The molecular formula is C17H21N5. The Labute approximate surface area is 130 Å². The molecule has 22 heavy (non-hydrogen) atoms. The molecule has 0 aliphatic rings. The van der Waals surface area contributed by atoms with Gasteiger partial charge in [-0.3, -0.25) is 0 Å². The third kappa shape index (κ3) is 2.79. The maximum atomic E-state index is 4.67. The second-order valence-corrected chi connectivity index (χ2v) is 5.75. The van der Waals surface area contributed by atoms with Crippen molar-refractivity contribution in [3.8, 4) is 5.69 Å². The molecule has 0 saturated heterocycles. The van der Waals surface area contributed by atoms with Crippen LogP contribution in [0.15, 0.2) is 36.5 Å². The summed E-state index contributed by atoms with van der Waals surface area (Å²) >= 11 is 0. The highest BCUT2D eigenvalue weighted by molar-refractivity contribution is 5.87. The quantitative estimate of drug-likeness (QED) is 0.783. The van der Waals surface area contributed by atoms with Crippen molar-refractivity contribution in [1.29, 1.82) is 0 Å². The normalized spacial score (nSPS) is 11.3. The van der Waals surface area contributed by atoms with E-state index in [2.05, 4.69) is 41.2 Å². The number of para-hydroxylation sites is 1. The van der Waals surface area contributed by atoms with Gasteiger partial charge in [0.1, 0.15) is 11.6 Å². The monoisotopic (exact) mass is 295 g/mol. The van der Waals surface area contributed by atoms with Gasteiger partial charge in [0, 0.05) is 13.0 Å². The van der Waals surface area contributed by atoms with Crippen LogP contribution < -0.4 is 5.32 Å². The van der Waals surface area contributed by atoms with Crippen molar-refractivity contribution in [3.63, 3.8) is 0 Å². The van der Waals surface area contributed by atoms with E-state index < -0.39 is 0 Å². The maximum absolute atomic E-state index is 4.67. The van der Waals surface area contributed by atoms with Crippen LogP contribution in [0.2, 0.25) is 0 Å². The van der Waals surface area contributed by atoms with E-state index in [1.54, 1.807) is 0 Å². The number of hydrogen-bond donors (Lipinski definition) is 1. The van der Waals surface area contributed by atoms with Gasteiger partial charge in [-0.05, 0) is 18.1 Å². The van der Waals surface area contributed by atoms with Gasteiger partial charge in [-0.2, -0.15) is 5.10 Å². The van der Waals surface area contributed by atoms with Gasteiger partial charge in [-0.25, -0.2) is 14.6 Å². The first-order valence-electron chi connectivity index (χ1n) is 7.73. The van der Waals surface area contributed by atoms with Crippen molar-refractivity contribution in [2.75, 3.05) is 11.9 Å². The summed E-state index contributed by atoms with van der Waals surface area (Å²) < 4.78 is 1.87. The molecule has 5 nitrogen and oxygen atoms in total. The largest absolute Gasteiger partial charge is 0.369 e. The van der Waals surface area contributed by atoms with Gasteiger partial charge >= 0.3 is 0 Å². The van der Waals surface area contributed by atoms with Crippen LogP contribution in [0.5, 0.6) is 0 Å². The third-order valence-corrected chi connectivity index (χ3v) is 3.47. The molecule has 0 radical (unpaired) electrons. The summed E-state index contributed by atoms with van der Waals surface area (Å²) in [7, 11) is 0. The fraction of sp³-hybridized carbons (Fsp3) is 0.353. The van der Waals surface area contributed by atoms with E-state index in [0.717, 1.165) is 41.3 Å². The molecule has 0 aliphatic heterocycles. The molecule has 5 heteroatoms. The molecular weight excluding hydrogens is 274 g/mol. The Morgan fingerprint density at radius 3 is 2.59 bits per heavy atom.